The van der Waals surface area contributed by atoms with Crippen LogP contribution in [0.5, 0.6) is 0 Å². The highest BCUT2D eigenvalue weighted by Gasteiger charge is 2.28. The third-order valence-corrected chi connectivity index (χ3v) is 4.15. The monoisotopic (exact) mass is 276 g/mol. The van der Waals surface area contributed by atoms with Gasteiger partial charge in [0.15, 0.2) is 5.82 Å². The van der Waals surface area contributed by atoms with E-state index in [-0.39, 0.29) is 0 Å². The van der Waals surface area contributed by atoms with Crippen molar-refractivity contribution >= 4 is 11.8 Å². The number of rotatable bonds is 5. The van der Waals surface area contributed by atoms with Crippen LogP contribution in [0.1, 0.15) is 49.1 Å². The molecule has 0 bridgehead atoms. The van der Waals surface area contributed by atoms with Gasteiger partial charge in [0.2, 0.25) is 5.89 Å². The molecule has 5 heteroatoms. The molecular formula is C14H16N2O2S. The fourth-order valence-electron chi connectivity index (χ4n) is 1.82. The van der Waals surface area contributed by atoms with E-state index in [1.54, 1.807) is 18.7 Å². The topological polar surface area (TPSA) is 59.2 Å². The molecule has 4 nitrogen and oxygen atoms in total. The number of hydrogen-bond acceptors (Lipinski definition) is 5. The van der Waals surface area contributed by atoms with Crippen LogP contribution < -0.4 is 0 Å². The van der Waals surface area contributed by atoms with Gasteiger partial charge in [-0.25, -0.2) is 0 Å². The Morgan fingerprint density at radius 2 is 2.11 bits per heavy atom. The van der Waals surface area contributed by atoms with E-state index in [1.807, 2.05) is 24.3 Å². The number of aromatic nitrogens is 2. The summed E-state index contributed by atoms with van der Waals surface area (Å²) in [7, 11) is 0. The Morgan fingerprint density at radius 3 is 2.74 bits per heavy atom. The summed E-state index contributed by atoms with van der Waals surface area (Å²) in [6.45, 7) is 1.76. The van der Waals surface area contributed by atoms with Crippen molar-refractivity contribution in [2.75, 3.05) is 0 Å². The van der Waals surface area contributed by atoms with Crippen molar-refractivity contribution in [1.82, 2.24) is 10.1 Å². The lowest BCUT2D eigenvalue weighted by molar-refractivity contribution is 0.199. The van der Waals surface area contributed by atoms with Gasteiger partial charge in [-0.05, 0) is 37.5 Å². The Bertz CT molecular complexity index is 547. The van der Waals surface area contributed by atoms with E-state index in [1.165, 1.54) is 12.8 Å². The maximum absolute atomic E-state index is 9.44. The largest absolute Gasteiger partial charge is 0.389 e. The Balaban J connectivity index is 1.58. The minimum Gasteiger partial charge on any atom is -0.389 e. The van der Waals surface area contributed by atoms with Crippen LogP contribution >= 0.6 is 11.8 Å². The molecule has 1 atom stereocenters. The lowest BCUT2D eigenvalue weighted by atomic mass is 10.1. The van der Waals surface area contributed by atoms with Crippen LogP contribution in [0.25, 0.3) is 0 Å². The van der Waals surface area contributed by atoms with Crippen molar-refractivity contribution in [2.45, 2.75) is 42.4 Å². The smallest absolute Gasteiger partial charge is 0.237 e. The second-order valence-electron chi connectivity index (χ2n) is 4.85. The highest BCUT2D eigenvalue weighted by Crippen LogP contribution is 2.38. The van der Waals surface area contributed by atoms with Crippen molar-refractivity contribution < 1.29 is 9.63 Å². The molecule has 1 aliphatic carbocycles. The Hall–Kier alpha value is -1.33. The fourth-order valence-corrected chi connectivity index (χ4v) is 2.56. The first-order valence-electron chi connectivity index (χ1n) is 6.45. The lowest BCUT2D eigenvalue weighted by Gasteiger charge is -2.05. The SMILES string of the molecule is CC(O)c1ccc(SCc2nc(C3CC3)no2)cc1. The molecule has 0 spiro atoms. The van der Waals surface area contributed by atoms with Crippen LogP contribution in [-0.2, 0) is 5.75 Å². The van der Waals surface area contributed by atoms with Crippen molar-refractivity contribution in [3.63, 3.8) is 0 Å². The standard InChI is InChI=1S/C14H16N2O2S/c1-9(17)10-4-6-12(7-5-10)19-8-13-15-14(16-18-13)11-2-3-11/h4-7,9,11,17H,2-3,8H2,1H3. The minimum atomic E-state index is -0.420. The predicted molar refractivity (Wildman–Crippen MR) is 72.9 cm³/mol. The van der Waals surface area contributed by atoms with Gasteiger partial charge >= 0.3 is 0 Å². The van der Waals surface area contributed by atoms with E-state index in [2.05, 4.69) is 10.1 Å². The molecule has 0 saturated heterocycles. The van der Waals surface area contributed by atoms with Gasteiger partial charge in [-0.1, -0.05) is 17.3 Å². The van der Waals surface area contributed by atoms with Gasteiger partial charge in [-0.15, -0.1) is 11.8 Å². The highest BCUT2D eigenvalue weighted by atomic mass is 32.2. The molecule has 1 aliphatic rings. The zero-order chi connectivity index (χ0) is 13.2. The third-order valence-electron chi connectivity index (χ3n) is 3.15. The van der Waals surface area contributed by atoms with Crippen molar-refractivity contribution in [2.24, 2.45) is 0 Å². The molecule has 0 radical (unpaired) electrons. The van der Waals surface area contributed by atoms with Crippen molar-refractivity contribution in [3.05, 3.63) is 41.5 Å². The summed E-state index contributed by atoms with van der Waals surface area (Å²) < 4.78 is 5.23. The van der Waals surface area contributed by atoms with Crippen LogP contribution in [0, 0.1) is 0 Å². The molecule has 1 aromatic heterocycles. The van der Waals surface area contributed by atoms with E-state index >= 15 is 0 Å². The summed E-state index contributed by atoms with van der Waals surface area (Å²) in [5, 5.41) is 13.4. The minimum absolute atomic E-state index is 0.420. The molecule has 0 amide bonds. The lowest BCUT2D eigenvalue weighted by Crippen LogP contribution is -1.89. The quantitative estimate of drug-likeness (QED) is 0.849. The molecule has 100 valence electrons. The van der Waals surface area contributed by atoms with E-state index in [9.17, 15) is 5.11 Å². The number of nitrogens with zero attached hydrogens (tertiary/aromatic N) is 2. The molecule has 2 aromatic rings. The summed E-state index contributed by atoms with van der Waals surface area (Å²) >= 11 is 1.66. The number of thioether (sulfide) groups is 1. The maximum Gasteiger partial charge on any atom is 0.237 e. The van der Waals surface area contributed by atoms with Gasteiger partial charge in [0.1, 0.15) is 0 Å². The van der Waals surface area contributed by atoms with Crippen LogP contribution in [0.15, 0.2) is 33.7 Å². The number of hydrogen-bond donors (Lipinski definition) is 1. The van der Waals surface area contributed by atoms with E-state index in [0.717, 1.165) is 16.3 Å². The Kier molecular flexibility index (Phi) is 3.57. The van der Waals surface area contributed by atoms with E-state index < -0.39 is 6.10 Å². The summed E-state index contributed by atoms with van der Waals surface area (Å²) in [6, 6.07) is 7.89. The van der Waals surface area contributed by atoms with E-state index in [4.69, 9.17) is 4.52 Å². The molecule has 1 aromatic carbocycles. The Morgan fingerprint density at radius 1 is 1.37 bits per heavy atom. The molecule has 3 rings (SSSR count). The average Bonchev–Trinajstić information content (AvgIpc) is 3.16. The molecule has 1 N–H and O–H groups in total. The summed E-state index contributed by atoms with van der Waals surface area (Å²) in [6.07, 6.45) is 1.95. The zero-order valence-electron chi connectivity index (χ0n) is 10.7. The molecule has 1 saturated carbocycles. The zero-order valence-corrected chi connectivity index (χ0v) is 11.6. The average molecular weight is 276 g/mol. The molecule has 1 unspecified atom stereocenters. The highest BCUT2D eigenvalue weighted by molar-refractivity contribution is 7.98. The van der Waals surface area contributed by atoms with Gasteiger partial charge < -0.3 is 9.63 Å². The van der Waals surface area contributed by atoms with Gasteiger partial charge in [-0.3, -0.25) is 0 Å². The summed E-state index contributed by atoms with van der Waals surface area (Å²) in [4.78, 5) is 5.53. The maximum atomic E-state index is 9.44. The van der Waals surface area contributed by atoms with Crippen LogP contribution in [0.2, 0.25) is 0 Å². The molecular weight excluding hydrogens is 260 g/mol. The second kappa shape index (κ2) is 5.35. The van der Waals surface area contributed by atoms with Gasteiger partial charge in [0.25, 0.3) is 0 Å². The first-order chi connectivity index (χ1) is 9.22. The van der Waals surface area contributed by atoms with Crippen LogP contribution in [0.4, 0.5) is 0 Å². The Labute approximate surface area is 116 Å². The summed E-state index contributed by atoms with van der Waals surface area (Å²) in [5.41, 5.74) is 0.929. The van der Waals surface area contributed by atoms with Gasteiger partial charge in [-0.2, -0.15) is 4.98 Å². The van der Waals surface area contributed by atoms with Crippen LogP contribution in [0.3, 0.4) is 0 Å². The molecule has 0 aliphatic heterocycles. The van der Waals surface area contributed by atoms with Gasteiger partial charge in [0, 0.05) is 10.8 Å². The molecule has 1 fully saturated rings. The number of benzene rings is 1. The first-order valence-corrected chi connectivity index (χ1v) is 7.44. The molecule has 19 heavy (non-hydrogen) atoms. The third kappa shape index (κ3) is 3.16. The normalized spacial score (nSPS) is 16.5. The number of aliphatic hydroxyl groups excluding tert-OH is 1. The second-order valence-corrected chi connectivity index (χ2v) is 5.90. The fraction of sp³-hybridized carbons (Fsp3) is 0.429. The first kappa shape index (κ1) is 12.7. The van der Waals surface area contributed by atoms with Gasteiger partial charge in [0.05, 0.1) is 11.9 Å². The summed E-state index contributed by atoms with van der Waals surface area (Å²) in [5.74, 6) is 2.77. The van der Waals surface area contributed by atoms with Crippen molar-refractivity contribution in [1.29, 1.82) is 0 Å². The van der Waals surface area contributed by atoms with Crippen LogP contribution in [-0.4, -0.2) is 15.2 Å². The molecule has 1 heterocycles. The predicted octanol–water partition coefficient (Wildman–Crippen LogP) is 3.29. The number of aliphatic hydroxyl groups is 1. The van der Waals surface area contributed by atoms with E-state index in [0.29, 0.717) is 17.6 Å². The van der Waals surface area contributed by atoms with Crippen molar-refractivity contribution in [3.8, 4) is 0 Å².